The molecule has 2 unspecified atom stereocenters. The van der Waals surface area contributed by atoms with Crippen molar-refractivity contribution in [2.24, 2.45) is 5.41 Å². The Morgan fingerprint density at radius 3 is 2.21 bits per heavy atom. The normalized spacial score (nSPS) is 24.5. The van der Waals surface area contributed by atoms with Gasteiger partial charge >= 0.3 is 0 Å². The van der Waals surface area contributed by atoms with Crippen molar-refractivity contribution in [1.29, 1.82) is 0 Å². The lowest BCUT2D eigenvalue weighted by Gasteiger charge is -2.36. The van der Waals surface area contributed by atoms with Gasteiger partial charge in [0.25, 0.3) is 15.6 Å². The fourth-order valence-corrected chi connectivity index (χ4v) is 11.1. The zero-order valence-electron chi connectivity index (χ0n) is 42.0. The lowest BCUT2D eigenvalue weighted by Crippen LogP contribution is -2.47. The largest absolute Gasteiger partial charge is 0.790 e. The lowest BCUT2D eigenvalue weighted by atomic mass is 9.87. The van der Waals surface area contributed by atoms with Crippen LogP contribution in [-0.4, -0.2) is 145 Å². The summed E-state index contributed by atoms with van der Waals surface area (Å²) in [6, 6.07) is 0. The molecule has 28 nitrogen and oxygen atoms in total. The number of unbranched alkanes of at least 4 members (excludes halogenated alkanes) is 11. The number of nitrogens with zero attached hydrogens (tertiary/aromatic N) is 4. The summed E-state index contributed by atoms with van der Waals surface area (Å²) < 4.78 is 72.0. The number of aliphatic hydroxyl groups is 4. The molecule has 428 valence electrons. The predicted molar refractivity (Wildman–Crippen MR) is 260 cm³/mol. The number of allylic oxidation sites excluding steroid dienone is 1. The smallest absolute Gasteiger partial charge is 0.274 e. The van der Waals surface area contributed by atoms with Gasteiger partial charge in [-0.15, -0.1) is 0 Å². The number of phosphoric ester groups is 3. The summed E-state index contributed by atoms with van der Waals surface area (Å²) in [5, 5.41) is 46.0. The Morgan fingerprint density at radius 1 is 0.907 bits per heavy atom. The van der Waals surface area contributed by atoms with Crippen LogP contribution in [0.3, 0.4) is 0 Å². The highest BCUT2D eigenvalue weighted by atomic mass is 32.2. The summed E-state index contributed by atoms with van der Waals surface area (Å²) in [4.78, 5) is 97.0. The number of ether oxygens (including phenoxy) is 3. The minimum Gasteiger partial charge on any atom is -0.790 e. The van der Waals surface area contributed by atoms with E-state index in [0.29, 0.717) is 12.4 Å². The quantitative estimate of drug-likeness (QED) is 0.0276. The van der Waals surface area contributed by atoms with E-state index in [9.17, 15) is 68.1 Å². The molecule has 2 fully saturated rings. The average Bonchev–Trinajstić information content (AvgIpc) is 3.89. The molecule has 4 rings (SSSR count). The molecular formula is C43H70N7O21P3S-4. The summed E-state index contributed by atoms with van der Waals surface area (Å²) in [5.74, 6) is -1.26. The SMILES string of the molecule is C[C@@H]1O[C@@H](OCCCCCCCCCCCCC/C=C/C(=O)SCCNC(=O)CCNC(=O)[C@H](O)C(C)(C)COP(=O)([O-])OP(=O)([O-])OC[C@H]2O[C@@H](n3cnc4c(N)ncnc43)[C@H](O)[C@@H]2OP(=O)([O-])[O-])[C@H](O)C[C@H]1O. The average molecular weight is 1150 g/mol. The number of amides is 2. The van der Waals surface area contributed by atoms with E-state index in [4.69, 9.17) is 19.9 Å². The zero-order chi connectivity index (χ0) is 55.4. The summed E-state index contributed by atoms with van der Waals surface area (Å²) in [7, 11) is -17.7. The van der Waals surface area contributed by atoms with Gasteiger partial charge in [-0.25, -0.2) is 19.3 Å². The molecule has 11 atom stereocenters. The maximum absolute atomic E-state index is 12.7. The van der Waals surface area contributed by atoms with E-state index in [1.165, 1.54) is 52.0 Å². The second kappa shape index (κ2) is 31.1. The first-order valence-corrected chi connectivity index (χ1v) is 29.9. The van der Waals surface area contributed by atoms with Crippen LogP contribution in [0.1, 0.15) is 117 Å². The summed E-state index contributed by atoms with van der Waals surface area (Å²) in [5.41, 5.74) is 4.06. The number of nitrogens with two attached hydrogens (primary N) is 1. The molecule has 75 heavy (non-hydrogen) atoms. The zero-order valence-corrected chi connectivity index (χ0v) is 45.5. The molecule has 2 amide bonds. The van der Waals surface area contributed by atoms with Crippen LogP contribution in [-0.2, 0) is 60.2 Å². The molecule has 8 N–H and O–H groups in total. The van der Waals surface area contributed by atoms with E-state index in [-0.39, 0.29) is 54.1 Å². The molecule has 4 heterocycles. The number of thioether (sulfide) groups is 1. The lowest BCUT2D eigenvalue weighted by molar-refractivity contribution is -0.347. The van der Waals surface area contributed by atoms with Gasteiger partial charge in [0.2, 0.25) is 16.9 Å². The Morgan fingerprint density at radius 2 is 1.55 bits per heavy atom. The summed E-state index contributed by atoms with van der Waals surface area (Å²) >= 11 is 1.04. The van der Waals surface area contributed by atoms with Gasteiger partial charge in [0.05, 0.1) is 39.6 Å². The van der Waals surface area contributed by atoms with Crippen LogP contribution >= 0.6 is 35.2 Å². The van der Waals surface area contributed by atoms with Crippen molar-refractivity contribution in [3.05, 3.63) is 24.8 Å². The Hall–Kier alpha value is -2.86. The third kappa shape index (κ3) is 22.8. The molecule has 0 saturated carbocycles. The molecule has 2 aromatic heterocycles. The maximum Gasteiger partial charge on any atom is 0.274 e. The van der Waals surface area contributed by atoms with Gasteiger partial charge < -0.3 is 88.7 Å². The molecule has 0 aliphatic carbocycles. The number of aliphatic hydroxyl groups excluding tert-OH is 4. The van der Waals surface area contributed by atoms with Crippen molar-refractivity contribution in [2.75, 3.05) is 44.4 Å². The van der Waals surface area contributed by atoms with Gasteiger partial charge in [-0.05, 0) is 32.3 Å². The molecule has 0 aromatic carbocycles. The molecule has 32 heteroatoms. The number of hydrogen-bond acceptors (Lipinski definition) is 26. The van der Waals surface area contributed by atoms with Crippen molar-refractivity contribution in [3.8, 4) is 0 Å². The van der Waals surface area contributed by atoms with Gasteiger partial charge in [0.1, 0.15) is 42.4 Å². The fraction of sp³-hybridized carbons (Fsp3) is 0.767. The molecule has 2 aliphatic heterocycles. The van der Waals surface area contributed by atoms with Crippen molar-refractivity contribution < 1.29 is 100 Å². The van der Waals surface area contributed by atoms with Crippen LogP contribution in [0, 0.1) is 5.41 Å². The number of rotatable bonds is 35. The number of fused-ring (bicyclic) bond motifs is 1. The molecule has 2 aromatic rings. The first-order valence-electron chi connectivity index (χ1n) is 24.6. The Labute approximate surface area is 438 Å². The first-order chi connectivity index (χ1) is 35.3. The number of aromatic nitrogens is 4. The predicted octanol–water partition coefficient (Wildman–Crippen LogP) is 0.247. The van der Waals surface area contributed by atoms with E-state index in [2.05, 4.69) is 43.5 Å². The number of hydrogen-bond donors (Lipinski definition) is 7. The van der Waals surface area contributed by atoms with Crippen LogP contribution in [0.2, 0.25) is 0 Å². The molecule has 2 saturated heterocycles. The van der Waals surface area contributed by atoms with E-state index in [0.717, 1.165) is 73.9 Å². The molecule has 0 spiro atoms. The van der Waals surface area contributed by atoms with Crippen LogP contribution in [0.25, 0.3) is 11.2 Å². The minimum atomic E-state index is -5.93. The van der Waals surface area contributed by atoms with Gasteiger partial charge in [-0.3, -0.25) is 28.1 Å². The summed E-state index contributed by atoms with van der Waals surface area (Å²) in [6.07, 6.45) is 6.47. The maximum atomic E-state index is 12.7. The van der Waals surface area contributed by atoms with E-state index in [1.54, 1.807) is 6.92 Å². The number of nitrogens with one attached hydrogen (secondary N) is 2. The van der Waals surface area contributed by atoms with Crippen LogP contribution < -0.4 is 35.9 Å². The molecule has 0 bridgehead atoms. The molecule has 0 radical (unpaired) electrons. The standard InChI is InChI=1S/C43H74N7O21P3S/c1-28-29(51)23-30(52)42(68-28)65-21-16-14-12-10-8-6-4-5-7-9-11-13-15-17-33(54)75-22-20-45-32(53)18-19-46-40(57)37(56)43(2,3)25-67-74(63,64)71-73(61,62)66-24-31-36(70-72(58,59)60)35(55)41(69-31)50-27-49-34-38(44)47-26-48-39(34)50/h15,17,26-31,35-37,41-42,51-52,55-56H,4-14,16,18-25H2,1-3H3,(H,45,53)(H,46,57)(H,61,62)(H,63,64)(H2,44,47,48)(H2,58,59,60)/p-4/b17-15+/t28-,29+,30+,31+,35+,36+,37-,41+,42+/m0/s1. The number of carbonyl (C=O) groups excluding carboxylic acids is 3. The second-order valence-corrected chi connectivity index (χ2v) is 23.8. The number of imidazole rings is 1. The topological polar surface area (TPSA) is 434 Å². The van der Waals surface area contributed by atoms with Gasteiger partial charge in [-0.2, -0.15) is 0 Å². The van der Waals surface area contributed by atoms with Crippen LogP contribution in [0.4, 0.5) is 5.82 Å². The second-order valence-electron chi connectivity index (χ2n) is 18.7. The monoisotopic (exact) mass is 1150 g/mol. The highest BCUT2D eigenvalue weighted by Crippen LogP contribution is 2.56. The van der Waals surface area contributed by atoms with Crippen LogP contribution in [0.5, 0.6) is 0 Å². The number of nitrogen functional groups attached to an aromatic ring is 1. The Kier molecular flexibility index (Phi) is 26.8. The highest BCUT2D eigenvalue weighted by molar-refractivity contribution is 8.14. The fourth-order valence-electron chi connectivity index (χ4n) is 7.73. The van der Waals surface area contributed by atoms with Crippen molar-refractivity contribution in [2.45, 2.75) is 166 Å². The van der Waals surface area contributed by atoms with Crippen molar-refractivity contribution in [1.82, 2.24) is 30.2 Å². The minimum absolute atomic E-state index is 0.0253. The van der Waals surface area contributed by atoms with Gasteiger partial charge in [-0.1, -0.05) is 89.5 Å². The number of carbonyl (C=O) groups is 3. The first kappa shape index (κ1) is 64.7. The van der Waals surface area contributed by atoms with Crippen LogP contribution in [0.15, 0.2) is 24.8 Å². The highest BCUT2D eigenvalue weighted by Gasteiger charge is 2.47. The van der Waals surface area contributed by atoms with E-state index >= 15 is 0 Å². The van der Waals surface area contributed by atoms with E-state index < -0.39 is 103 Å². The Bertz CT molecular complexity index is 2300. The van der Waals surface area contributed by atoms with Gasteiger partial charge in [0, 0.05) is 43.7 Å². The van der Waals surface area contributed by atoms with Gasteiger partial charge in [0.15, 0.2) is 24.0 Å². The van der Waals surface area contributed by atoms with Crippen molar-refractivity contribution >= 4 is 69.1 Å². The number of phosphoric acid groups is 3. The number of anilines is 1. The van der Waals surface area contributed by atoms with Crippen molar-refractivity contribution in [3.63, 3.8) is 0 Å². The van der Waals surface area contributed by atoms with E-state index in [1.807, 2.05) is 6.08 Å². The summed E-state index contributed by atoms with van der Waals surface area (Å²) in [6.45, 7) is 2.34. The Balaban J connectivity index is 1.01. The third-order valence-corrected chi connectivity index (χ3v) is 15.8. The third-order valence-electron chi connectivity index (χ3n) is 12.0. The molecule has 2 aliphatic rings. The molecular weight excluding hydrogens is 1080 g/mol.